The summed E-state index contributed by atoms with van der Waals surface area (Å²) in [4.78, 5) is 26.1. The van der Waals surface area contributed by atoms with E-state index in [-0.39, 0.29) is 22.7 Å². The van der Waals surface area contributed by atoms with Gasteiger partial charge in [0.15, 0.2) is 0 Å². The van der Waals surface area contributed by atoms with Gasteiger partial charge in [-0.1, -0.05) is 42.8 Å². The maximum atomic E-state index is 12.9. The second kappa shape index (κ2) is 8.29. The van der Waals surface area contributed by atoms with Crippen molar-refractivity contribution in [2.24, 2.45) is 0 Å². The molecule has 29 heavy (non-hydrogen) atoms. The number of hydrogen-bond acceptors (Lipinski definition) is 3. The molecule has 2 aromatic carbocycles. The maximum absolute atomic E-state index is 12.9. The topological polar surface area (TPSA) is 46.6 Å². The first-order valence-electron chi connectivity index (χ1n) is 8.87. The number of carbonyl (C=O) groups excluding carboxylic acids is 2. The quantitative estimate of drug-likeness (QED) is 0.613. The molecule has 152 valence electrons. The molecule has 4 nitrogen and oxygen atoms in total. The van der Waals surface area contributed by atoms with Crippen LogP contribution in [0.15, 0.2) is 53.6 Å². The number of carbonyl (C=O) groups is 2. The predicted molar refractivity (Wildman–Crippen MR) is 102 cm³/mol. The van der Waals surface area contributed by atoms with Crippen LogP contribution in [0.3, 0.4) is 0 Å². The van der Waals surface area contributed by atoms with Crippen LogP contribution in [-0.2, 0) is 22.3 Å². The lowest BCUT2D eigenvalue weighted by molar-refractivity contribution is -0.137. The molecule has 0 aliphatic carbocycles. The Morgan fingerprint density at radius 2 is 1.72 bits per heavy atom. The lowest BCUT2D eigenvalue weighted by atomic mass is 10.1. The number of nitrogens with zero attached hydrogens (tertiary/aromatic N) is 1. The SMILES string of the molecule is CCCOc1ccc(C2=C(Cl)C(=O)N(Cc3cccc(C(F)(F)F)c3)C2=O)cc1. The van der Waals surface area contributed by atoms with E-state index >= 15 is 0 Å². The van der Waals surface area contributed by atoms with Gasteiger partial charge in [0.05, 0.1) is 24.3 Å². The number of amides is 2. The van der Waals surface area contributed by atoms with Crippen LogP contribution in [0.4, 0.5) is 13.2 Å². The van der Waals surface area contributed by atoms with Crippen LogP contribution in [0.25, 0.3) is 5.57 Å². The molecule has 0 saturated carbocycles. The average Bonchev–Trinajstić information content (AvgIpc) is 2.90. The van der Waals surface area contributed by atoms with Gasteiger partial charge in [-0.15, -0.1) is 0 Å². The highest BCUT2D eigenvalue weighted by Crippen LogP contribution is 2.34. The highest BCUT2D eigenvalue weighted by atomic mass is 35.5. The van der Waals surface area contributed by atoms with Gasteiger partial charge in [-0.3, -0.25) is 14.5 Å². The summed E-state index contributed by atoms with van der Waals surface area (Å²) in [6.07, 6.45) is -3.67. The molecular formula is C21H17ClF3NO3. The molecule has 0 radical (unpaired) electrons. The highest BCUT2D eigenvalue weighted by Gasteiger charge is 2.38. The summed E-state index contributed by atoms with van der Waals surface area (Å²) in [6.45, 7) is 2.21. The summed E-state index contributed by atoms with van der Waals surface area (Å²) in [7, 11) is 0. The number of imide groups is 1. The van der Waals surface area contributed by atoms with Gasteiger partial charge in [0.25, 0.3) is 11.8 Å². The van der Waals surface area contributed by atoms with Crippen molar-refractivity contribution in [3.8, 4) is 5.75 Å². The Labute approximate surface area is 170 Å². The molecule has 1 heterocycles. The van der Waals surface area contributed by atoms with Crippen molar-refractivity contribution in [2.45, 2.75) is 26.1 Å². The summed E-state index contributed by atoms with van der Waals surface area (Å²) >= 11 is 6.10. The lowest BCUT2D eigenvalue weighted by Gasteiger charge is -2.16. The number of ether oxygens (including phenoxy) is 1. The van der Waals surface area contributed by atoms with Gasteiger partial charge in [-0.2, -0.15) is 13.2 Å². The Morgan fingerprint density at radius 1 is 1.03 bits per heavy atom. The maximum Gasteiger partial charge on any atom is 0.416 e. The van der Waals surface area contributed by atoms with Crippen molar-refractivity contribution in [2.75, 3.05) is 6.61 Å². The van der Waals surface area contributed by atoms with E-state index in [0.29, 0.717) is 17.9 Å². The molecule has 0 unspecified atom stereocenters. The van der Waals surface area contributed by atoms with Crippen LogP contribution in [-0.4, -0.2) is 23.3 Å². The van der Waals surface area contributed by atoms with Crippen molar-refractivity contribution in [3.63, 3.8) is 0 Å². The van der Waals surface area contributed by atoms with Gasteiger partial charge in [0, 0.05) is 0 Å². The molecule has 3 rings (SSSR count). The predicted octanol–water partition coefficient (Wildman–Crippen LogP) is 5.01. The van der Waals surface area contributed by atoms with Crippen LogP contribution < -0.4 is 4.74 Å². The van der Waals surface area contributed by atoms with Gasteiger partial charge in [-0.25, -0.2) is 0 Å². The number of halogens is 4. The van der Waals surface area contributed by atoms with E-state index < -0.39 is 23.6 Å². The Kier molecular flexibility index (Phi) is 5.98. The molecule has 0 fully saturated rings. The molecule has 0 bridgehead atoms. The summed E-state index contributed by atoms with van der Waals surface area (Å²) in [6, 6.07) is 11.0. The number of alkyl halides is 3. The first-order chi connectivity index (χ1) is 13.7. The van der Waals surface area contributed by atoms with Gasteiger partial charge in [0.1, 0.15) is 10.8 Å². The first-order valence-corrected chi connectivity index (χ1v) is 9.25. The smallest absolute Gasteiger partial charge is 0.416 e. The van der Waals surface area contributed by atoms with Crippen molar-refractivity contribution >= 4 is 29.0 Å². The van der Waals surface area contributed by atoms with E-state index in [1.165, 1.54) is 12.1 Å². The highest BCUT2D eigenvalue weighted by molar-refractivity contribution is 6.55. The molecule has 0 N–H and O–H groups in total. The van der Waals surface area contributed by atoms with Crippen LogP contribution in [0.2, 0.25) is 0 Å². The van der Waals surface area contributed by atoms with E-state index in [4.69, 9.17) is 16.3 Å². The molecule has 0 spiro atoms. The van der Waals surface area contributed by atoms with Crippen molar-refractivity contribution in [1.29, 1.82) is 0 Å². The van der Waals surface area contributed by atoms with E-state index in [9.17, 15) is 22.8 Å². The summed E-state index contributed by atoms with van der Waals surface area (Å²) in [5.74, 6) is -0.778. The average molecular weight is 424 g/mol. The molecule has 0 aromatic heterocycles. The van der Waals surface area contributed by atoms with E-state index in [2.05, 4.69) is 0 Å². The third-order valence-electron chi connectivity index (χ3n) is 4.32. The molecule has 8 heteroatoms. The van der Waals surface area contributed by atoms with Crippen LogP contribution in [0.5, 0.6) is 5.75 Å². The number of hydrogen-bond donors (Lipinski definition) is 0. The zero-order chi connectivity index (χ0) is 21.2. The number of rotatable bonds is 6. The normalized spacial score (nSPS) is 14.7. The van der Waals surface area contributed by atoms with Crippen LogP contribution >= 0.6 is 11.6 Å². The lowest BCUT2D eigenvalue weighted by Crippen LogP contribution is -2.30. The molecule has 1 aliphatic heterocycles. The fourth-order valence-corrected chi connectivity index (χ4v) is 3.20. The van der Waals surface area contributed by atoms with Gasteiger partial charge in [-0.05, 0) is 41.8 Å². The van der Waals surface area contributed by atoms with Crippen LogP contribution in [0.1, 0.15) is 30.0 Å². The molecular weight excluding hydrogens is 407 g/mol. The minimum absolute atomic E-state index is 0.0192. The fraction of sp³-hybridized carbons (Fsp3) is 0.238. The van der Waals surface area contributed by atoms with E-state index in [0.717, 1.165) is 23.5 Å². The Hall–Kier alpha value is -2.80. The largest absolute Gasteiger partial charge is 0.494 e. The van der Waals surface area contributed by atoms with E-state index in [1.54, 1.807) is 24.3 Å². The van der Waals surface area contributed by atoms with E-state index in [1.807, 2.05) is 6.92 Å². The zero-order valence-corrected chi connectivity index (χ0v) is 16.2. The van der Waals surface area contributed by atoms with Gasteiger partial charge >= 0.3 is 6.18 Å². The van der Waals surface area contributed by atoms with Gasteiger partial charge in [0.2, 0.25) is 0 Å². The summed E-state index contributed by atoms with van der Waals surface area (Å²) in [5, 5.41) is -0.260. The minimum Gasteiger partial charge on any atom is -0.494 e. The zero-order valence-electron chi connectivity index (χ0n) is 15.4. The van der Waals surface area contributed by atoms with Gasteiger partial charge < -0.3 is 4.74 Å². The third-order valence-corrected chi connectivity index (χ3v) is 4.67. The Bertz CT molecular complexity index is 968. The fourth-order valence-electron chi connectivity index (χ4n) is 2.91. The molecule has 2 amide bonds. The molecule has 2 aromatic rings. The molecule has 1 aliphatic rings. The molecule has 0 atom stereocenters. The third kappa shape index (κ3) is 4.45. The Morgan fingerprint density at radius 3 is 2.34 bits per heavy atom. The summed E-state index contributed by atoms with van der Waals surface area (Å²) < 4.78 is 44.2. The molecule has 0 saturated heterocycles. The van der Waals surface area contributed by atoms with Crippen molar-refractivity contribution < 1.29 is 27.5 Å². The Balaban J connectivity index is 1.82. The van der Waals surface area contributed by atoms with Crippen molar-refractivity contribution in [1.82, 2.24) is 4.90 Å². The minimum atomic E-state index is -4.52. The second-order valence-electron chi connectivity index (χ2n) is 6.46. The monoisotopic (exact) mass is 423 g/mol. The second-order valence-corrected chi connectivity index (χ2v) is 6.83. The number of benzene rings is 2. The van der Waals surface area contributed by atoms with Crippen LogP contribution in [0, 0.1) is 0 Å². The first kappa shape index (κ1) is 20.9. The van der Waals surface area contributed by atoms with Crippen molar-refractivity contribution in [3.05, 3.63) is 70.3 Å². The summed E-state index contributed by atoms with van der Waals surface area (Å²) in [5.41, 5.74) is -0.221. The standard InChI is InChI=1S/C21H17ClF3NO3/c1-2-10-29-16-8-6-14(7-9-16)17-18(22)20(28)26(19(17)27)12-13-4-3-5-15(11-13)21(23,24)25/h3-9,11H,2,10,12H2,1H3.